The molecule has 0 spiro atoms. The van der Waals surface area contributed by atoms with E-state index in [-0.39, 0.29) is 37.4 Å². The first kappa shape index (κ1) is 22.4. The van der Waals surface area contributed by atoms with E-state index in [0.717, 1.165) is 0 Å². The molecule has 0 saturated heterocycles. The highest BCUT2D eigenvalue weighted by Crippen LogP contribution is 2.24. The Kier molecular flexibility index (Phi) is 9.67. The minimum atomic E-state index is -3.58. The average Bonchev–Trinajstić information content (AvgIpc) is 2.47. The van der Waals surface area contributed by atoms with Crippen molar-refractivity contribution in [3.63, 3.8) is 0 Å². The smallest absolute Gasteiger partial charge is 0.239 e. The average molecular weight is 382 g/mol. The largest absolute Gasteiger partial charge is 0.497 e. The lowest BCUT2D eigenvalue weighted by atomic mass is 10.2. The zero-order chi connectivity index (χ0) is 17.5. The van der Waals surface area contributed by atoms with Crippen LogP contribution in [0.25, 0.3) is 0 Å². The number of carbonyl (C=O) groups is 1. The van der Waals surface area contributed by atoms with E-state index >= 15 is 0 Å². The third-order valence-corrected chi connectivity index (χ3v) is 4.08. The lowest BCUT2D eigenvalue weighted by molar-refractivity contribution is -0.115. The number of methoxy groups -OCH3 is 1. The van der Waals surface area contributed by atoms with Gasteiger partial charge in [-0.25, -0.2) is 13.1 Å². The van der Waals surface area contributed by atoms with E-state index in [1.165, 1.54) is 7.11 Å². The van der Waals surface area contributed by atoms with E-state index in [4.69, 9.17) is 15.2 Å². The van der Waals surface area contributed by atoms with Crippen LogP contribution in [0.4, 0.5) is 11.4 Å². The Morgan fingerprint density at radius 2 is 2.00 bits per heavy atom. The molecule has 1 rings (SSSR count). The number of amides is 1. The molecule has 0 unspecified atom stereocenters. The molecule has 138 valence electrons. The zero-order valence-electron chi connectivity index (χ0n) is 13.9. The summed E-state index contributed by atoms with van der Waals surface area (Å²) in [5, 5.41) is 2.53. The third-order valence-electron chi connectivity index (χ3n) is 2.79. The van der Waals surface area contributed by atoms with Gasteiger partial charge in [-0.1, -0.05) is 0 Å². The van der Waals surface area contributed by atoms with Crippen LogP contribution in [0.5, 0.6) is 5.75 Å². The zero-order valence-corrected chi connectivity index (χ0v) is 15.5. The maximum Gasteiger partial charge on any atom is 0.239 e. The van der Waals surface area contributed by atoms with Gasteiger partial charge in [0.2, 0.25) is 15.9 Å². The number of nitrogens with one attached hydrogen (secondary N) is 2. The van der Waals surface area contributed by atoms with Crippen molar-refractivity contribution in [2.45, 2.75) is 20.0 Å². The maximum atomic E-state index is 11.8. The molecule has 0 saturated carbocycles. The number of hydrogen-bond acceptors (Lipinski definition) is 6. The molecule has 0 aliphatic rings. The van der Waals surface area contributed by atoms with Crippen LogP contribution in [0.3, 0.4) is 0 Å². The van der Waals surface area contributed by atoms with Gasteiger partial charge in [0, 0.05) is 6.07 Å². The van der Waals surface area contributed by atoms with Gasteiger partial charge in [-0.3, -0.25) is 4.79 Å². The molecule has 0 aliphatic heterocycles. The van der Waals surface area contributed by atoms with Gasteiger partial charge >= 0.3 is 0 Å². The van der Waals surface area contributed by atoms with Crippen LogP contribution in [-0.4, -0.2) is 46.4 Å². The summed E-state index contributed by atoms with van der Waals surface area (Å²) in [7, 11) is -2.09. The molecule has 0 radical (unpaired) electrons. The van der Waals surface area contributed by atoms with Gasteiger partial charge in [0.1, 0.15) is 5.75 Å². The lowest BCUT2D eigenvalue weighted by Gasteiger charge is -2.11. The van der Waals surface area contributed by atoms with E-state index in [1.54, 1.807) is 18.2 Å². The molecular weight excluding hydrogens is 358 g/mol. The summed E-state index contributed by atoms with van der Waals surface area (Å²) < 4.78 is 35.9. The fraction of sp³-hybridized carbons (Fsp3) is 0.500. The van der Waals surface area contributed by atoms with E-state index < -0.39 is 15.9 Å². The van der Waals surface area contributed by atoms with E-state index in [0.29, 0.717) is 17.1 Å². The van der Waals surface area contributed by atoms with Crippen LogP contribution < -0.4 is 20.5 Å². The monoisotopic (exact) mass is 381 g/mol. The Morgan fingerprint density at radius 1 is 1.33 bits per heavy atom. The van der Waals surface area contributed by atoms with Gasteiger partial charge in [-0.15, -0.1) is 12.4 Å². The van der Waals surface area contributed by atoms with Crippen molar-refractivity contribution >= 4 is 39.7 Å². The normalized spacial score (nSPS) is 11.0. The van der Waals surface area contributed by atoms with Gasteiger partial charge in [-0.2, -0.15) is 0 Å². The second-order valence-electron chi connectivity index (χ2n) is 5.06. The number of carbonyl (C=O) groups excluding carboxylic acids is 1. The molecule has 0 aliphatic carbocycles. The summed E-state index contributed by atoms with van der Waals surface area (Å²) in [5.74, 6) is -0.209. The van der Waals surface area contributed by atoms with Crippen molar-refractivity contribution in [2.75, 3.05) is 37.1 Å². The Hall–Kier alpha value is -1.55. The molecule has 4 N–H and O–H groups in total. The topological polar surface area (TPSA) is 120 Å². The summed E-state index contributed by atoms with van der Waals surface area (Å²) >= 11 is 0. The first-order valence-corrected chi connectivity index (χ1v) is 8.71. The van der Waals surface area contributed by atoms with Crippen molar-refractivity contribution in [1.82, 2.24) is 4.72 Å². The summed E-state index contributed by atoms with van der Waals surface area (Å²) in [6.45, 7) is 3.30. The van der Waals surface area contributed by atoms with Crippen molar-refractivity contribution in [3.05, 3.63) is 18.2 Å². The highest BCUT2D eigenvalue weighted by atomic mass is 35.5. The molecule has 10 heteroatoms. The molecule has 0 aromatic heterocycles. The molecule has 1 aromatic rings. The highest BCUT2D eigenvalue weighted by Gasteiger charge is 2.14. The van der Waals surface area contributed by atoms with Crippen LogP contribution in [0, 0.1) is 0 Å². The van der Waals surface area contributed by atoms with Crippen molar-refractivity contribution in [1.29, 1.82) is 0 Å². The molecule has 1 aromatic carbocycles. The number of anilines is 2. The van der Waals surface area contributed by atoms with Crippen LogP contribution >= 0.6 is 12.4 Å². The molecule has 0 fully saturated rings. The fourth-order valence-electron chi connectivity index (χ4n) is 1.61. The Labute approximate surface area is 148 Å². The van der Waals surface area contributed by atoms with Crippen LogP contribution in [0.1, 0.15) is 13.8 Å². The summed E-state index contributed by atoms with van der Waals surface area (Å²) in [5.41, 5.74) is 6.46. The van der Waals surface area contributed by atoms with E-state index in [1.807, 2.05) is 13.8 Å². The Balaban J connectivity index is 0.00000529. The summed E-state index contributed by atoms with van der Waals surface area (Å²) in [6.07, 6.45) is -0.0514. The standard InChI is InChI=1S/C14H23N3O5S.ClH/c1-10(2)22-6-7-23(19,20)16-9-14(18)17-13-8-11(21-3)4-5-12(13)15;/h4-5,8,10,16H,6-7,9,15H2,1-3H3,(H,17,18);1H. The number of benzene rings is 1. The van der Waals surface area contributed by atoms with Crippen molar-refractivity contribution < 1.29 is 22.7 Å². The molecule has 8 nitrogen and oxygen atoms in total. The van der Waals surface area contributed by atoms with Gasteiger partial charge in [0.25, 0.3) is 0 Å². The summed E-state index contributed by atoms with van der Waals surface area (Å²) in [4.78, 5) is 11.8. The molecule has 24 heavy (non-hydrogen) atoms. The highest BCUT2D eigenvalue weighted by molar-refractivity contribution is 7.89. The predicted molar refractivity (Wildman–Crippen MR) is 96.2 cm³/mol. The van der Waals surface area contributed by atoms with Crippen molar-refractivity contribution in [2.24, 2.45) is 0 Å². The van der Waals surface area contributed by atoms with E-state index in [9.17, 15) is 13.2 Å². The van der Waals surface area contributed by atoms with E-state index in [2.05, 4.69) is 10.0 Å². The second kappa shape index (κ2) is 10.3. The molecule has 0 bridgehead atoms. The van der Waals surface area contributed by atoms with Crippen LogP contribution in [0.2, 0.25) is 0 Å². The Morgan fingerprint density at radius 3 is 2.58 bits per heavy atom. The van der Waals surface area contributed by atoms with Gasteiger partial charge < -0.3 is 20.5 Å². The number of hydrogen-bond donors (Lipinski definition) is 3. The first-order valence-electron chi connectivity index (χ1n) is 7.06. The predicted octanol–water partition coefficient (Wildman–Crippen LogP) is 0.982. The SMILES string of the molecule is COc1ccc(N)c(NC(=O)CNS(=O)(=O)CCOC(C)C)c1.Cl. The van der Waals surface area contributed by atoms with Gasteiger partial charge in [-0.05, 0) is 26.0 Å². The van der Waals surface area contributed by atoms with Gasteiger partial charge in [0.05, 0.1) is 43.5 Å². The molecule has 0 atom stereocenters. The number of halogens is 1. The number of nitrogens with two attached hydrogens (primary N) is 1. The molecular formula is C14H24ClN3O5S. The molecule has 1 amide bonds. The second-order valence-corrected chi connectivity index (χ2v) is 6.99. The van der Waals surface area contributed by atoms with Crippen LogP contribution in [0.15, 0.2) is 18.2 Å². The minimum absolute atomic E-state index is 0. The molecule has 0 heterocycles. The fourth-order valence-corrected chi connectivity index (χ4v) is 2.42. The van der Waals surface area contributed by atoms with Crippen molar-refractivity contribution in [3.8, 4) is 5.75 Å². The maximum absolute atomic E-state index is 11.8. The number of sulfonamides is 1. The Bertz CT molecular complexity index is 637. The number of ether oxygens (including phenoxy) is 2. The minimum Gasteiger partial charge on any atom is -0.497 e. The number of rotatable bonds is 9. The number of nitrogen functional groups attached to an aromatic ring is 1. The quantitative estimate of drug-likeness (QED) is 0.548. The van der Waals surface area contributed by atoms with Crippen LogP contribution in [-0.2, 0) is 19.6 Å². The lowest BCUT2D eigenvalue weighted by Crippen LogP contribution is -2.35. The van der Waals surface area contributed by atoms with Gasteiger partial charge in [0.15, 0.2) is 0 Å². The first-order chi connectivity index (χ1) is 10.7. The third kappa shape index (κ3) is 8.34. The summed E-state index contributed by atoms with van der Waals surface area (Å²) in [6, 6.07) is 4.79.